The Bertz CT molecular complexity index is 950. The van der Waals surface area contributed by atoms with E-state index in [4.69, 9.17) is 12.2 Å². The van der Waals surface area contributed by atoms with Gasteiger partial charge in [0.25, 0.3) is 0 Å². The highest BCUT2D eigenvalue weighted by molar-refractivity contribution is 9.10. The van der Waals surface area contributed by atoms with Gasteiger partial charge in [-0.05, 0) is 59.2 Å². The number of hydrogen-bond donors (Lipinski definition) is 1. The minimum absolute atomic E-state index is 0.257. The highest BCUT2D eigenvalue weighted by Crippen LogP contribution is 2.30. The summed E-state index contributed by atoms with van der Waals surface area (Å²) in [6, 6.07) is 14.1. The molecule has 0 bridgehead atoms. The van der Waals surface area contributed by atoms with Crippen LogP contribution in [0.3, 0.4) is 0 Å². The Morgan fingerprint density at radius 1 is 1.24 bits per heavy atom. The highest BCUT2D eigenvalue weighted by atomic mass is 79.9. The minimum Gasteiger partial charge on any atom is -0.331 e. The second-order valence-corrected chi connectivity index (χ2v) is 7.84. The first-order valence-electron chi connectivity index (χ1n) is 8.47. The van der Waals surface area contributed by atoms with E-state index in [1.54, 1.807) is 12.1 Å². The molecule has 1 aliphatic heterocycles. The zero-order valence-electron chi connectivity index (χ0n) is 13.7. The SMILES string of the molecule is Fc1cc2c(cc1Br)[nH]c(=S)n2C1CCCN(Cc2ccccc2)C1. The molecule has 1 N–H and O–H groups in total. The molecule has 2 aromatic carbocycles. The fourth-order valence-electron chi connectivity index (χ4n) is 3.71. The number of fused-ring (bicyclic) bond motifs is 1. The van der Waals surface area contributed by atoms with Crippen molar-refractivity contribution in [3.8, 4) is 0 Å². The van der Waals surface area contributed by atoms with E-state index in [0.29, 0.717) is 9.24 Å². The zero-order valence-corrected chi connectivity index (χ0v) is 16.1. The molecule has 0 radical (unpaired) electrons. The standard InChI is InChI=1S/C19H19BrFN3S/c20-15-9-17-18(10-16(15)21)24(19(25)22-17)14-7-4-8-23(12-14)11-13-5-2-1-3-6-13/h1-3,5-6,9-10,14H,4,7-8,11-12H2,(H,22,25). The number of hydrogen-bond acceptors (Lipinski definition) is 2. The molecular formula is C19H19BrFN3S. The molecule has 1 fully saturated rings. The second-order valence-electron chi connectivity index (χ2n) is 6.60. The molecular weight excluding hydrogens is 401 g/mol. The van der Waals surface area contributed by atoms with Crippen LogP contribution >= 0.6 is 28.1 Å². The third-order valence-corrected chi connectivity index (χ3v) is 5.76. The molecule has 0 aliphatic carbocycles. The molecule has 130 valence electrons. The van der Waals surface area contributed by atoms with Crippen LogP contribution in [0.15, 0.2) is 46.9 Å². The Balaban J connectivity index is 1.63. The number of nitrogens with zero attached hydrogens (tertiary/aromatic N) is 2. The number of piperidine rings is 1. The predicted octanol–water partition coefficient (Wildman–Crippen LogP) is 5.44. The summed E-state index contributed by atoms with van der Waals surface area (Å²) in [6.07, 6.45) is 2.18. The summed E-state index contributed by atoms with van der Waals surface area (Å²) < 4.78 is 17.3. The van der Waals surface area contributed by atoms with Gasteiger partial charge in [-0.2, -0.15) is 0 Å². The van der Waals surface area contributed by atoms with Crippen molar-refractivity contribution in [3.05, 3.63) is 63.1 Å². The number of halogens is 2. The maximum absolute atomic E-state index is 14.1. The molecule has 25 heavy (non-hydrogen) atoms. The smallest absolute Gasteiger partial charge is 0.178 e. The minimum atomic E-state index is -0.257. The number of imidazole rings is 1. The predicted molar refractivity (Wildman–Crippen MR) is 105 cm³/mol. The van der Waals surface area contributed by atoms with Crippen molar-refractivity contribution in [1.82, 2.24) is 14.5 Å². The molecule has 1 atom stereocenters. The van der Waals surface area contributed by atoms with Crippen LogP contribution in [0.25, 0.3) is 11.0 Å². The molecule has 2 heterocycles. The van der Waals surface area contributed by atoms with Crippen molar-refractivity contribution in [2.45, 2.75) is 25.4 Å². The van der Waals surface area contributed by atoms with Gasteiger partial charge in [0.15, 0.2) is 4.77 Å². The van der Waals surface area contributed by atoms with Crippen molar-refractivity contribution in [3.63, 3.8) is 0 Å². The first-order valence-corrected chi connectivity index (χ1v) is 9.67. The quantitative estimate of drug-likeness (QED) is 0.571. The number of benzene rings is 2. The Morgan fingerprint density at radius 3 is 2.84 bits per heavy atom. The average Bonchev–Trinajstić information content (AvgIpc) is 2.91. The highest BCUT2D eigenvalue weighted by Gasteiger charge is 2.24. The van der Waals surface area contributed by atoms with Crippen molar-refractivity contribution in [2.75, 3.05) is 13.1 Å². The van der Waals surface area contributed by atoms with Gasteiger partial charge >= 0.3 is 0 Å². The maximum atomic E-state index is 14.1. The summed E-state index contributed by atoms with van der Waals surface area (Å²) in [6.45, 7) is 2.95. The monoisotopic (exact) mass is 419 g/mol. The van der Waals surface area contributed by atoms with Gasteiger partial charge in [-0.1, -0.05) is 30.3 Å². The first kappa shape index (κ1) is 16.9. The maximum Gasteiger partial charge on any atom is 0.178 e. The van der Waals surface area contributed by atoms with Crippen molar-refractivity contribution in [1.29, 1.82) is 0 Å². The van der Waals surface area contributed by atoms with Crippen molar-refractivity contribution < 1.29 is 4.39 Å². The van der Waals surface area contributed by atoms with E-state index in [1.165, 1.54) is 5.56 Å². The largest absolute Gasteiger partial charge is 0.331 e. The molecule has 0 saturated carbocycles. The average molecular weight is 420 g/mol. The molecule has 6 heteroatoms. The van der Waals surface area contributed by atoms with E-state index in [0.717, 1.165) is 43.5 Å². The molecule has 3 aromatic rings. The molecule has 4 rings (SSSR count). The lowest BCUT2D eigenvalue weighted by atomic mass is 10.0. The van der Waals surface area contributed by atoms with Gasteiger partial charge in [-0.3, -0.25) is 4.90 Å². The fourth-order valence-corrected chi connectivity index (χ4v) is 4.41. The lowest BCUT2D eigenvalue weighted by Gasteiger charge is -2.33. The summed E-state index contributed by atoms with van der Waals surface area (Å²) in [5.41, 5.74) is 3.04. The van der Waals surface area contributed by atoms with Crippen LogP contribution in [0.4, 0.5) is 4.39 Å². The number of H-pyrrole nitrogens is 1. The Morgan fingerprint density at radius 2 is 2.04 bits per heavy atom. The Labute approximate surface area is 159 Å². The zero-order chi connectivity index (χ0) is 17.4. The number of aromatic nitrogens is 2. The van der Waals surface area contributed by atoms with E-state index in [9.17, 15) is 4.39 Å². The van der Waals surface area contributed by atoms with Crippen LogP contribution in [-0.2, 0) is 6.54 Å². The van der Waals surface area contributed by atoms with Crippen LogP contribution in [-0.4, -0.2) is 27.5 Å². The van der Waals surface area contributed by atoms with Crippen LogP contribution in [0, 0.1) is 10.6 Å². The van der Waals surface area contributed by atoms with Gasteiger partial charge in [-0.25, -0.2) is 4.39 Å². The van der Waals surface area contributed by atoms with Gasteiger partial charge in [0.1, 0.15) is 5.82 Å². The van der Waals surface area contributed by atoms with E-state index in [1.807, 2.05) is 6.07 Å². The first-order chi connectivity index (χ1) is 12.1. The van der Waals surface area contributed by atoms with Crippen LogP contribution < -0.4 is 0 Å². The number of nitrogens with one attached hydrogen (secondary N) is 1. The lowest BCUT2D eigenvalue weighted by molar-refractivity contribution is 0.171. The number of aromatic amines is 1. The summed E-state index contributed by atoms with van der Waals surface area (Å²) >= 11 is 8.79. The van der Waals surface area contributed by atoms with Crippen molar-refractivity contribution in [2.24, 2.45) is 0 Å². The third kappa shape index (κ3) is 3.43. The number of likely N-dealkylation sites (tertiary alicyclic amines) is 1. The second kappa shape index (κ2) is 7.02. The lowest BCUT2D eigenvalue weighted by Crippen LogP contribution is -2.36. The van der Waals surface area contributed by atoms with E-state index < -0.39 is 0 Å². The van der Waals surface area contributed by atoms with Gasteiger partial charge in [0.05, 0.1) is 15.5 Å². The molecule has 0 spiro atoms. The molecule has 0 amide bonds. The van der Waals surface area contributed by atoms with E-state index in [2.05, 4.69) is 54.6 Å². The third-order valence-electron chi connectivity index (χ3n) is 4.85. The fraction of sp³-hybridized carbons (Fsp3) is 0.316. The van der Waals surface area contributed by atoms with E-state index in [-0.39, 0.29) is 11.9 Å². The van der Waals surface area contributed by atoms with Crippen molar-refractivity contribution >= 4 is 39.2 Å². The van der Waals surface area contributed by atoms with Gasteiger partial charge in [-0.15, -0.1) is 0 Å². The summed E-state index contributed by atoms with van der Waals surface area (Å²) in [5, 5.41) is 0. The van der Waals surface area contributed by atoms with Crippen LogP contribution in [0.5, 0.6) is 0 Å². The van der Waals surface area contributed by atoms with Crippen LogP contribution in [0.1, 0.15) is 24.4 Å². The molecule has 3 nitrogen and oxygen atoms in total. The summed E-state index contributed by atoms with van der Waals surface area (Å²) in [5.74, 6) is -0.257. The van der Waals surface area contributed by atoms with Crippen LogP contribution in [0.2, 0.25) is 0 Å². The van der Waals surface area contributed by atoms with Gasteiger partial charge < -0.3 is 9.55 Å². The van der Waals surface area contributed by atoms with E-state index >= 15 is 0 Å². The molecule has 1 aliphatic rings. The molecule has 1 saturated heterocycles. The molecule has 1 aromatic heterocycles. The van der Waals surface area contributed by atoms with Gasteiger partial charge in [0.2, 0.25) is 0 Å². The molecule has 1 unspecified atom stereocenters. The topological polar surface area (TPSA) is 24.0 Å². The van der Waals surface area contributed by atoms with Gasteiger partial charge in [0, 0.05) is 25.2 Å². The summed E-state index contributed by atoms with van der Waals surface area (Å²) in [4.78, 5) is 5.68. The Hall–Kier alpha value is -1.50. The normalized spacial score (nSPS) is 18.7. The number of rotatable bonds is 3. The summed E-state index contributed by atoms with van der Waals surface area (Å²) in [7, 11) is 0. The Kier molecular flexibility index (Phi) is 4.75.